The largest absolute Gasteiger partial charge is 0.368 e. The monoisotopic (exact) mass is 358 g/mol. The van der Waals surface area contributed by atoms with Crippen molar-refractivity contribution < 1.29 is 4.39 Å². The van der Waals surface area contributed by atoms with Crippen molar-refractivity contribution in [3.05, 3.63) is 78.0 Å². The number of rotatable bonds is 5. The molecule has 0 atom stereocenters. The van der Waals surface area contributed by atoms with Crippen LogP contribution in [0.15, 0.2) is 61.1 Å². The lowest BCUT2D eigenvalue weighted by Gasteiger charge is -2.13. The molecule has 0 unspecified atom stereocenters. The number of halogens is 1. The molecule has 0 fully saturated rings. The van der Waals surface area contributed by atoms with Gasteiger partial charge in [0.2, 0.25) is 0 Å². The van der Waals surface area contributed by atoms with E-state index in [-0.39, 0.29) is 5.82 Å². The maximum Gasteiger partial charge on any atom is 0.158 e. The van der Waals surface area contributed by atoms with E-state index >= 15 is 0 Å². The van der Waals surface area contributed by atoms with Crippen molar-refractivity contribution >= 4 is 11.5 Å². The lowest BCUT2D eigenvalue weighted by atomic mass is 10.1. The van der Waals surface area contributed by atoms with Crippen LogP contribution in [0, 0.1) is 17.1 Å². The highest BCUT2D eigenvalue weighted by molar-refractivity contribution is 5.75. The third-order valence-corrected chi connectivity index (χ3v) is 4.22. The minimum atomic E-state index is -0.335. The quantitative estimate of drug-likeness (QED) is 0.591. The molecule has 1 aromatic carbocycles. The van der Waals surface area contributed by atoms with E-state index in [1.165, 1.54) is 12.1 Å². The second-order valence-electron chi connectivity index (χ2n) is 5.94. The van der Waals surface area contributed by atoms with Gasteiger partial charge in [0.25, 0.3) is 0 Å². The van der Waals surface area contributed by atoms with Gasteiger partial charge in [0.1, 0.15) is 23.3 Å². The van der Waals surface area contributed by atoms with E-state index < -0.39 is 0 Å². The molecule has 0 aliphatic heterocycles. The minimum absolute atomic E-state index is 0.335. The smallest absolute Gasteiger partial charge is 0.158 e. The fourth-order valence-corrected chi connectivity index (χ4v) is 2.90. The number of benzene rings is 1. The van der Waals surface area contributed by atoms with Gasteiger partial charge < -0.3 is 5.32 Å². The van der Waals surface area contributed by atoms with Crippen molar-refractivity contribution in [3.8, 4) is 17.3 Å². The van der Waals surface area contributed by atoms with Crippen LogP contribution in [-0.2, 0) is 6.42 Å². The first-order valence-corrected chi connectivity index (χ1v) is 8.43. The highest BCUT2D eigenvalue weighted by Crippen LogP contribution is 2.28. The Labute approximate surface area is 154 Å². The van der Waals surface area contributed by atoms with Crippen molar-refractivity contribution in [1.82, 2.24) is 19.6 Å². The summed E-state index contributed by atoms with van der Waals surface area (Å²) in [4.78, 5) is 8.55. The molecular weight excluding hydrogens is 343 g/mol. The first kappa shape index (κ1) is 16.7. The van der Waals surface area contributed by atoms with Gasteiger partial charge in [-0.25, -0.2) is 9.37 Å². The second-order valence-corrected chi connectivity index (χ2v) is 5.94. The van der Waals surface area contributed by atoms with Crippen molar-refractivity contribution in [2.75, 3.05) is 11.9 Å². The predicted octanol–water partition coefficient (Wildman–Crippen LogP) is 3.46. The minimum Gasteiger partial charge on any atom is -0.368 e. The molecular formula is C20H15FN6. The lowest BCUT2D eigenvalue weighted by Crippen LogP contribution is -2.12. The Kier molecular flexibility index (Phi) is 4.45. The number of nitrogens with one attached hydrogen (secondary N) is 1. The number of anilines is 1. The van der Waals surface area contributed by atoms with E-state index in [2.05, 4.69) is 26.5 Å². The van der Waals surface area contributed by atoms with Gasteiger partial charge in [-0.05, 0) is 48.4 Å². The zero-order valence-electron chi connectivity index (χ0n) is 14.3. The van der Waals surface area contributed by atoms with Gasteiger partial charge in [0.15, 0.2) is 5.65 Å². The summed E-state index contributed by atoms with van der Waals surface area (Å²) in [6, 6.07) is 13.8. The van der Waals surface area contributed by atoms with Gasteiger partial charge in [-0.2, -0.15) is 14.9 Å². The Balaban J connectivity index is 1.73. The summed E-state index contributed by atoms with van der Waals surface area (Å²) < 4.78 is 14.9. The van der Waals surface area contributed by atoms with E-state index in [9.17, 15) is 9.65 Å². The summed E-state index contributed by atoms with van der Waals surface area (Å²) in [5.41, 5.74) is 3.29. The molecule has 6 nitrogen and oxygen atoms in total. The standard InChI is InChI=1S/C20H15FN6/c21-16-3-1-15(2-4-16)19-17(13-22)20(27-18(26-19)8-12-25-27)24-11-7-14-5-9-23-10-6-14/h1-6,8-10,12,24H,7,11H2. The van der Waals surface area contributed by atoms with Crippen molar-refractivity contribution in [1.29, 1.82) is 5.26 Å². The molecule has 0 spiro atoms. The van der Waals surface area contributed by atoms with Gasteiger partial charge in [0.05, 0.1) is 11.9 Å². The summed E-state index contributed by atoms with van der Waals surface area (Å²) in [6.45, 7) is 0.612. The summed E-state index contributed by atoms with van der Waals surface area (Å²) in [5, 5.41) is 17.4. The van der Waals surface area contributed by atoms with Crippen LogP contribution in [0.3, 0.4) is 0 Å². The van der Waals surface area contributed by atoms with Crippen LogP contribution in [0.25, 0.3) is 16.9 Å². The number of hydrogen-bond donors (Lipinski definition) is 1. The molecule has 0 saturated carbocycles. The molecule has 0 amide bonds. The summed E-state index contributed by atoms with van der Waals surface area (Å²) >= 11 is 0. The van der Waals surface area contributed by atoms with Gasteiger partial charge in [-0.3, -0.25) is 4.98 Å². The fourth-order valence-electron chi connectivity index (χ4n) is 2.90. The van der Waals surface area contributed by atoms with E-state index in [1.807, 2.05) is 12.1 Å². The van der Waals surface area contributed by atoms with Crippen LogP contribution in [0.2, 0.25) is 0 Å². The molecule has 0 saturated heterocycles. The summed E-state index contributed by atoms with van der Waals surface area (Å²) in [7, 11) is 0. The molecule has 1 N–H and O–H groups in total. The maximum atomic E-state index is 13.3. The SMILES string of the molecule is N#Cc1c(-c2ccc(F)cc2)nc2ccnn2c1NCCc1ccncc1. The Hall–Kier alpha value is -3.79. The van der Waals surface area contributed by atoms with Crippen LogP contribution < -0.4 is 5.32 Å². The Morgan fingerprint density at radius 1 is 1.04 bits per heavy atom. The van der Waals surface area contributed by atoms with Crippen molar-refractivity contribution in [3.63, 3.8) is 0 Å². The lowest BCUT2D eigenvalue weighted by molar-refractivity contribution is 0.628. The molecule has 3 aromatic heterocycles. The molecule has 4 aromatic rings. The van der Waals surface area contributed by atoms with Crippen LogP contribution in [0.1, 0.15) is 11.1 Å². The number of fused-ring (bicyclic) bond motifs is 1. The Bertz CT molecular complexity index is 1110. The summed E-state index contributed by atoms with van der Waals surface area (Å²) in [6.07, 6.45) is 5.90. The van der Waals surface area contributed by atoms with E-state index in [4.69, 9.17) is 0 Å². The zero-order chi connectivity index (χ0) is 18.6. The number of pyridine rings is 1. The van der Waals surface area contributed by atoms with Crippen molar-refractivity contribution in [2.45, 2.75) is 6.42 Å². The molecule has 132 valence electrons. The van der Waals surface area contributed by atoms with Gasteiger partial charge in [-0.15, -0.1) is 0 Å². The molecule has 3 heterocycles. The van der Waals surface area contributed by atoms with E-state index in [0.29, 0.717) is 34.8 Å². The van der Waals surface area contributed by atoms with Gasteiger partial charge >= 0.3 is 0 Å². The number of aromatic nitrogens is 4. The first-order valence-electron chi connectivity index (χ1n) is 8.43. The predicted molar refractivity (Wildman–Crippen MR) is 99.5 cm³/mol. The average molecular weight is 358 g/mol. The van der Waals surface area contributed by atoms with E-state index in [1.54, 1.807) is 41.3 Å². The van der Waals surface area contributed by atoms with Crippen LogP contribution >= 0.6 is 0 Å². The molecule has 27 heavy (non-hydrogen) atoms. The number of hydrogen-bond acceptors (Lipinski definition) is 5. The number of nitrogens with zero attached hydrogens (tertiary/aromatic N) is 5. The molecule has 0 radical (unpaired) electrons. The normalized spacial score (nSPS) is 10.7. The third kappa shape index (κ3) is 3.33. The first-order chi connectivity index (χ1) is 13.3. The Morgan fingerprint density at radius 2 is 1.81 bits per heavy atom. The molecule has 7 heteroatoms. The van der Waals surface area contributed by atoms with Crippen LogP contribution in [0.5, 0.6) is 0 Å². The van der Waals surface area contributed by atoms with Crippen LogP contribution in [-0.4, -0.2) is 26.1 Å². The van der Waals surface area contributed by atoms with Gasteiger partial charge in [-0.1, -0.05) is 0 Å². The maximum absolute atomic E-state index is 13.3. The third-order valence-electron chi connectivity index (χ3n) is 4.22. The Morgan fingerprint density at radius 3 is 2.56 bits per heavy atom. The zero-order valence-corrected chi connectivity index (χ0v) is 14.3. The average Bonchev–Trinajstić information content (AvgIpc) is 3.17. The highest BCUT2D eigenvalue weighted by atomic mass is 19.1. The van der Waals surface area contributed by atoms with Crippen molar-refractivity contribution in [2.24, 2.45) is 0 Å². The second kappa shape index (κ2) is 7.22. The number of nitriles is 1. The fraction of sp³-hybridized carbons (Fsp3) is 0.100. The van der Waals surface area contributed by atoms with E-state index in [0.717, 1.165) is 12.0 Å². The summed E-state index contributed by atoms with van der Waals surface area (Å²) in [5.74, 6) is 0.235. The highest BCUT2D eigenvalue weighted by Gasteiger charge is 2.17. The molecule has 0 aliphatic carbocycles. The molecule has 4 rings (SSSR count). The molecule has 0 aliphatic rings. The topological polar surface area (TPSA) is 78.9 Å². The van der Waals surface area contributed by atoms with Gasteiger partial charge in [0, 0.05) is 30.6 Å². The molecule has 0 bridgehead atoms. The van der Waals surface area contributed by atoms with Crippen LogP contribution in [0.4, 0.5) is 10.2 Å².